The minimum atomic E-state index is -0.831. The predicted molar refractivity (Wildman–Crippen MR) is 152 cm³/mol. The Bertz CT molecular complexity index is 736. The molecule has 210 valence electrons. The van der Waals surface area contributed by atoms with Crippen LogP contribution in [0, 0.1) is 0 Å². The summed E-state index contributed by atoms with van der Waals surface area (Å²) in [4.78, 5) is 12.7. The van der Waals surface area contributed by atoms with E-state index in [1.54, 1.807) is 0 Å². The summed E-state index contributed by atoms with van der Waals surface area (Å²) in [5, 5.41) is 17.5. The second-order valence-electron chi connectivity index (χ2n) is 10.6. The Morgan fingerprint density at radius 3 is 2.03 bits per heavy atom. The van der Waals surface area contributed by atoms with E-state index in [1.165, 1.54) is 70.6 Å². The molecular formula is C30H56N2O4. The molecule has 1 aromatic rings. The van der Waals surface area contributed by atoms with Crippen molar-refractivity contribution in [3.8, 4) is 11.5 Å². The maximum atomic E-state index is 12.7. The lowest BCUT2D eigenvalue weighted by Crippen LogP contribution is -2.47. The van der Waals surface area contributed by atoms with Gasteiger partial charge in [0, 0.05) is 21.9 Å². The van der Waals surface area contributed by atoms with E-state index in [1.807, 2.05) is 18.2 Å². The Balaban J connectivity index is 0.00000684. The van der Waals surface area contributed by atoms with Crippen LogP contribution in [-0.2, 0) is 4.79 Å². The first-order chi connectivity index (χ1) is 17.5. The lowest BCUT2D eigenvalue weighted by Gasteiger charge is -2.27. The summed E-state index contributed by atoms with van der Waals surface area (Å²) in [5.74, 6) is 1.34. The standard InChI is InChI=1S/C30H52N2O4.2H2/c1-4-5-6-7-8-9-10-11-12-13-14-15-16-17-29(33)32-26(23-31-24(2)3)30(34)25-18-19-27-28(22-25)36-21-20-35-27;;/h18-19,22,24,26,30-31,34H,4-17,20-21,23H2,1-3H3,(H,32,33);2*1H/t26-,30+;;/m1../s1. The summed E-state index contributed by atoms with van der Waals surface area (Å²) < 4.78 is 11.3. The van der Waals surface area contributed by atoms with Crippen LogP contribution < -0.4 is 20.1 Å². The number of rotatable bonds is 20. The summed E-state index contributed by atoms with van der Waals surface area (Å²) in [6.45, 7) is 7.91. The third-order valence-electron chi connectivity index (χ3n) is 6.89. The summed E-state index contributed by atoms with van der Waals surface area (Å²) in [6, 6.07) is 5.34. The van der Waals surface area contributed by atoms with Crippen molar-refractivity contribution in [3.63, 3.8) is 0 Å². The second-order valence-corrected chi connectivity index (χ2v) is 10.6. The molecule has 1 aliphatic heterocycles. The molecule has 1 amide bonds. The summed E-state index contributed by atoms with van der Waals surface area (Å²) >= 11 is 0. The third-order valence-corrected chi connectivity index (χ3v) is 6.89. The van der Waals surface area contributed by atoms with Gasteiger partial charge in [0.2, 0.25) is 5.91 Å². The van der Waals surface area contributed by atoms with Crippen LogP contribution in [0.5, 0.6) is 11.5 Å². The smallest absolute Gasteiger partial charge is 0.220 e. The number of fused-ring (bicyclic) bond motifs is 1. The molecular weight excluding hydrogens is 452 g/mol. The van der Waals surface area contributed by atoms with Gasteiger partial charge in [-0.2, -0.15) is 0 Å². The number of carbonyl (C=O) groups excluding carboxylic acids is 1. The number of ether oxygens (including phenoxy) is 2. The molecule has 1 aromatic carbocycles. The monoisotopic (exact) mass is 508 g/mol. The van der Waals surface area contributed by atoms with Crippen LogP contribution in [0.1, 0.15) is 125 Å². The number of nitrogens with one attached hydrogen (secondary N) is 2. The fourth-order valence-electron chi connectivity index (χ4n) is 4.66. The molecule has 1 heterocycles. The van der Waals surface area contributed by atoms with Crippen molar-refractivity contribution in [2.75, 3.05) is 19.8 Å². The summed E-state index contributed by atoms with van der Waals surface area (Å²) in [6.07, 6.45) is 16.4. The predicted octanol–water partition coefficient (Wildman–Crippen LogP) is 6.95. The van der Waals surface area contributed by atoms with Crippen molar-refractivity contribution in [2.24, 2.45) is 0 Å². The number of aliphatic hydroxyl groups excluding tert-OH is 1. The van der Waals surface area contributed by atoms with E-state index in [-0.39, 0.29) is 14.8 Å². The molecule has 3 N–H and O–H groups in total. The minimum Gasteiger partial charge on any atom is -0.486 e. The van der Waals surface area contributed by atoms with Crippen LogP contribution in [0.4, 0.5) is 0 Å². The molecule has 6 nitrogen and oxygen atoms in total. The van der Waals surface area contributed by atoms with E-state index in [9.17, 15) is 9.90 Å². The van der Waals surface area contributed by atoms with Gasteiger partial charge in [0.25, 0.3) is 0 Å². The number of carbonyl (C=O) groups is 1. The Hall–Kier alpha value is -1.79. The molecule has 2 atom stereocenters. The van der Waals surface area contributed by atoms with Gasteiger partial charge in [-0.25, -0.2) is 0 Å². The average Bonchev–Trinajstić information content (AvgIpc) is 2.88. The number of hydrogen-bond donors (Lipinski definition) is 3. The highest BCUT2D eigenvalue weighted by Gasteiger charge is 2.25. The van der Waals surface area contributed by atoms with Crippen molar-refractivity contribution in [1.29, 1.82) is 0 Å². The van der Waals surface area contributed by atoms with Gasteiger partial charge < -0.3 is 25.2 Å². The van der Waals surface area contributed by atoms with Gasteiger partial charge in [-0.3, -0.25) is 4.79 Å². The molecule has 0 radical (unpaired) electrons. The molecule has 0 aliphatic carbocycles. The van der Waals surface area contributed by atoms with Gasteiger partial charge in [-0.05, 0) is 24.1 Å². The first kappa shape index (κ1) is 30.4. The molecule has 0 fully saturated rings. The van der Waals surface area contributed by atoms with E-state index < -0.39 is 12.1 Å². The van der Waals surface area contributed by atoms with Crippen LogP contribution >= 0.6 is 0 Å². The zero-order valence-electron chi connectivity index (χ0n) is 23.2. The van der Waals surface area contributed by atoms with Crippen LogP contribution in [0.3, 0.4) is 0 Å². The fraction of sp³-hybridized carbons (Fsp3) is 0.767. The topological polar surface area (TPSA) is 79.8 Å². The zero-order chi connectivity index (χ0) is 26.0. The minimum absolute atomic E-state index is 0. The average molecular weight is 509 g/mol. The maximum Gasteiger partial charge on any atom is 0.220 e. The number of amides is 1. The van der Waals surface area contributed by atoms with Crippen LogP contribution in [0.25, 0.3) is 0 Å². The van der Waals surface area contributed by atoms with E-state index >= 15 is 0 Å². The highest BCUT2D eigenvalue weighted by Crippen LogP contribution is 2.33. The molecule has 0 saturated heterocycles. The highest BCUT2D eigenvalue weighted by atomic mass is 16.6. The molecule has 0 aromatic heterocycles. The lowest BCUT2D eigenvalue weighted by molar-refractivity contribution is -0.122. The first-order valence-corrected chi connectivity index (χ1v) is 14.6. The Labute approximate surface area is 222 Å². The van der Waals surface area contributed by atoms with Crippen LogP contribution in [-0.4, -0.2) is 42.9 Å². The van der Waals surface area contributed by atoms with Gasteiger partial charge in [0.15, 0.2) is 11.5 Å². The largest absolute Gasteiger partial charge is 0.486 e. The van der Waals surface area contributed by atoms with Gasteiger partial charge in [0.1, 0.15) is 19.3 Å². The SMILES string of the molecule is CCCCCCCCCCCCCCCC(=O)N[C@H](CNC(C)C)[C@@H](O)c1ccc2c(c1)OCCO2.[HH].[HH]. The number of unbranched alkanes of at least 4 members (excludes halogenated alkanes) is 12. The van der Waals surface area contributed by atoms with Crippen molar-refractivity contribution in [2.45, 2.75) is 129 Å². The van der Waals surface area contributed by atoms with Gasteiger partial charge in [0.05, 0.1) is 6.04 Å². The molecule has 1 aliphatic rings. The normalized spacial score (nSPS) is 14.6. The molecule has 0 bridgehead atoms. The van der Waals surface area contributed by atoms with Gasteiger partial charge in [-0.15, -0.1) is 0 Å². The Morgan fingerprint density at radius 2 is 1.44 bits per heavy atom. The van der Waals surface area contributed by atoms with Gasteiger partial charge >= 0.3 is 0 Å². The van der Waals surface area contributed by atoms with E-state index in [0.29, 0.717) is 37.7 Å². The molecule has 0 saturated carbocycles. The number of benzene rings is 1. The summed E-state index contributed by atoms with van der Waals surface area (Å²) in [5.41, 5.74) is 0.719. The van der Waals surface area contributed by atoms with Crippen LogP contribution in [0.15, 0.2) is 18.2 Å². The Kier molecular flexibility index (Phi) is 15.6. The lowest BCUT2D eigenvalue weighted by atomic mass is 10.0. The quantitative estimate of drug-likeness (QED) is 0.166. The molecule has 36 heavy (non-hydrogen) atoms. The molecule has 0 spiro atoms. The number of hydrogen-bond acceptors (Lipinski definition) is 5. The molecule has 0 unspecified atom stereocenters. The van der Waals surface area contributed by atoms with Crippen molar-refractivity contribution in [1.82, 2.24) is 10.6 Å². The van der Waals surface area contributed by atoms with Crippen molar-refractivity contribution >= 4 is 5.91 Å². The third kappa shape index (κ3) is 12.4. The van der Waals surface area contributed by atoms with Crippen molar-refractivity contribution < 1.29 is 22.2 Å². The van der Waals surface area contributed by atoms with E-state index in [2.05, 4.69) is 31.4 Å². The second kappa shape index (κ2) is 18.5. The summed E-state index contributed by atoms with van der Waals surface area (Å²) in [7, 11) is 0. The van der Waals surface area contributed by atoms with Crippen molar-refractivity contribution in [3.05, 3.63) is 23.8 Å². The maximum absolute atomic E-state index is 12.7. The van der Waals surface area contributed by atoms with Crippen LogP contribution in [0.2, 0.25) is 0 Å². The number of aliphatic hydroxyl groups is 1. The van der Waals surface area contributed by atoms with Gasteiger partial charge in [-0.1, -0.05) is 104 Å². The fourth-order valence-corrected chi connectivity index (χ4v) is 4.66. The Morgan fingerprint density at radius 1 is 0.889 bits per heavy atom. The first-order valence-electron chi connectivity index (χ1n) is 14.6. The van der Waals surface area contributed by atoms with E-state index in [4.69, 9.17) is 9.47 Å². The van der Waals surface area contributed by atoms with E-state index in [0.717, 1.165) is 18.4 Å². The molecule has 2 rings (SSSR count). The highest BCUT2D eigenvalue weighted by molar-refractivity contribution is 5.76. The zero-order valence-corrected chi connectivity index (χ0v) is 23.2. The molecule has 6 heteroatoms.